The average Bonchev–Trinajstić information content (AvgIpc) is 2.41. The van der Waals surface area contributed by atoms with Crippen molar-refractivity contribution in [1.82, 2.24) is 10.2 Å². The van der Waals surface area contributed by atoms with Crippen molar-refractivity contribution in [2.24, 2.45) is 0 Å². The first kappa shape index (κ1) is 17.2. The first-order valence-corrected chi connectivity index (χ1v) is 8.15. The second kappa shape index (κ2) is 7.42. The largest absolute Gasteiger partial charge is 0.755 e. The second-order valence-corrected chi connectivity index (χ2v) is 6.12. The molecular weight excluding hydrogens is 322 g/mol. The van der Waals surface area contributed by atoms with Crippen LogP contribution in [0.1, 0.15) is 24.2 Å². The van der Waals surface area contributed by atoms with E-state index in [9.17, 15) is 18.4 Å². The van der Waals surface area contributed by atoms with E-state index in [2.05, 4.69) is 10.0 Å². The Kier molecular flexibility index (Phi) is 5.56. The fraction of sp³-hybridized carbons (Fsp3) is 0.429. The fourth-order valence-corrected chi connectivity index (χ4v) is 2.39. The zero-order chi connectivity index (χ0) is 17.0. The lowest BCUT2D eigenvalue weighted by atomic mass is 10.1. The first-order valence-electron chi connectivity index (χ1n) is 7.07. The maximum Gasteiger partial charge on any atom is 0.407 e. The van der Waals surface area contributed by atoms with E-state index in [1.165, 1.54) is 24.3 Å². The van der Waals surface area contributed by atoms with Gasteiger partial charge in [0.25, 0.3) is 5.91 Å². The Morgan fingerprint density at radius 3 is 2.43 bits per heavy atom. The molecule has 0 radical (unpaired) electrons. The molecule has 0 aliphatic carbocycles. The number of hydrogen-bond donors (Lipinski definition) is 2. The minimum atomic E-state index is -2.40. The summed E-state index contributed by atoms with van der Waals surface area (Å²) in [5, 5.41) is 2.62. The normalized spacial score (nSPS) is 15.7. The maximum atomic E-state index is 12.2. The molecule has 2 rings (SSSR count). The summed E-state index contributed by atoms with van der Waals surface area (Å²) in [4.78, 5) is 25.2. The summed E-state index contributed by atoms with van der Waals surface area (Å²) in [5.74, 6) is -0.191. The van der Waals surface area contributed by atoms with Gasteiger partial charge in [0.2, 0.25) is 0 Å². The number of likely N-dealkylation sites (tertiary alicyclic amines) is 1. The average molecular weight is 340 g/mol. The van der Waals surface area contributed by atoms with Crippen LogP contribution in [0.25, 0.3) is 0 Å². The molecule has 1 saturated heterocycles. The van der Waals surface area contributed by atoms with Crippen molar-refractivity contribution >= 4 is 29.0 Å². The lowest BCUT2D eigenvalue weighted by Gasteiger charge is -2.38. The fourth-order valence-electron chi connectivity index (χ4n) is 2.06. The van der Waals surface area contributed by atoms with Gasteiger partial charge in [0.05, 0.1) is 13.1 Å². The van der Waals surface area contributed by atoms with Gasteiger partial charge in [0.15, 0.2) is 0 Å². The number of nitrogens with one attached hydrogen (secondary N) is 2. The molecule has 1 fully saturated rings. The van der Waals surface area contributed by atoms with Crippen molar-refractivity contribution in [3.05, 3.63) is 29.8 Å². The molecule has 0 aromatic heterocycles. The van der Waals surface area contributed by atoms with Crippen LogP contribution in [0.5, 0.6) is 0 Å². The van der Waals surface area contributed by atoms with Gasteiger partial charge in [-0.2, -0.15) is 0 Å². The van der Waals surface area contributed by atoms with Crippen molar-refractivity contribution in [1.29, 1.82) is 0 Å². The topological polar surface area (TPSA) is 111 Å². The van der Waals surface area contributed by atoms with Crippen LogP contribution in [0.15, 0.2) is 24.3 Å². The van der Waals surface area contributed by atoms with Crippen LogP contribution < -0.4 is 10.0 Å². The Bertz CT molecular complexity index is 599. The highest BCUT2D eigenvalue weighted by Crippen LogP contribution is 2.18. The van der Waals surface area contributed by atoms with Gasteiger partial charge >= 0.3 is 6.09 Å². The number of hydrogen-bond acceptors (Lipinski definition) is 5. The number of anilines is 1. The van der Waals surface area contributed by atoms with E-state index in [1.807, 2.05) is 13.8 Å². The van der Waals surface area contributed by atoms with Crippen LogP contribution in [-0.2, 0) is 16.0 Å². The van der Waals surface area contributed by atoms with Gasteiger partial charge in [0.1, 0.15) is 6.10 Å². The Hall–Kier alpha value is -2.13. The lowest BCUT2D eigenvalue weighted by Crippen LogP contribution is -2.56. The molecule has 0 bridgehead atoms. The standard InChI is InChI=1S/C14H19N3O5S/c1-9(2)15-14(19)22-12-7-17(8-12)13(18)10-3-5-11(6-4-10)16-23(20)21/h3-6,9,12,16H,7-8H2,1-2H3,(H,15,19)(H,20,21)/p-1. The minimum absolute atomic E-state index is 0.00381. The lowest BCUT2D eigenvalue weighted by molar-refractivity contribution is -0.00700. The van der Waals surface area contributed by atoms with E-state index in [1.54, 1.807) is 4.90 Å². The highest BCUT2D eigenvalue weighted by Gasteiger charge is 2.34. The SMILES string of the molecule is CC(C)NC(=O)OC1CN(C(=O)c2ccc(NS(=O)[O-])cc2)C1. The van der Waals surface area contributed by atoms with Gasteiger partial charge in [-0.1, -0.05) is 0 Å². The predicted molar refractivity (Wildman–Crippen MR) is 83.4 cm³/mol. The van der Waals surface area contributed by atoms with Gasteiger partial charge in [-0.05, 0) is 38.1 Å². The molecule has 9 heteroatoms. The zero-order valence-electron chi connectivity index (χ0n) is 12.8. The van der Waals surface area contributed by atoms with E-state index in [4.69, 9.17) is 4.74 Å². The summed E-state index contributed by atoms with van der Waals surface area (Å²) in [6.45, 7) is 4.35. The Morgan fingerprint density at radius 1 is 1.30 bits per heavy atom. The molecular formula is C14H18N3O5S-. The molecule has 0 saturated carbocycles. The Balaban J connectivity index is 1.82. The summed E-state index contributed by atoms with van der Waals surface area (Å²) in [6.07, 6.45) is -0.792. The number of amides is 2. The monoisotopic (exact) mass is 340 g/mol. The van der Waals surface area contributed by atoms with E-state index < -0.39 is 17.4 Å². The number of nitrogens with zero attached hydrogens (tertiary/aromatic N) is 1. The summed E-state index contributed by atoms with van der Waals surface area (Å²) in [5.41, 5.74) is 0.822. The van der Waals surface area contributed by atoms with Crippen molar-refractivity contribution < 1.29 is 23.1 Å². The molecule has 23 heavy (non-hydrogen) atoms. The highest BCUT2D eigenvalue weighted by atomic mass is 32.2. The van der Waals surface area contributed by atoms with Gasteiger partial charge < -0.3 is 24.2 Å². The van der Waals surface area contributed by atoms with Crippen molar-refractivity contribution in [3.8, 4) is 0 Å². The molecule has 1 aromatic rings. The molecule has 2 N–H and O–H groups in total. The molecule has 2 amide bonds. The molecule has 1 aliphatic heterocycles. The summed E-state index contributed by atoms with van der Waals surface area (Å²) in [6, 6.07) is 6.09. The first-order chi connectivity index (χ1) is 10.8. The molecule has 1 atom stereocenters. The second-order valence-electron chi connectivity index (χ2n) is 5.45. The van der Waals surface area contributed by atoms with Crippen molar-refractivity contribution in [2.75, 3.05) is 17.8 Å². The zero-order valence-corrected chi connectivity index (χ0v) is 13.6. The van der Waals surface area contributed by atoms with E-state index >= 15 is 0 Å². The summed E-state index contributed by atoms with van der Waals surface area (Å²) >= 11 is -2.40. The van der Waals surface area contributed by atoms with Gasteiger partial charge in [-0.25, -0.2) is 4.79 Å². The predicted octanol–water partition coefficient (Wildman–Crippen LogP) is 0.852. The van der Waals surface area contributed by atoms with Crippen LogP contribution in [0.3, 0.4) is 0 Å². The number of carbonyl (C=O) groups is 2. The van der Waals surface area contributed by atoms with Crippen molar-refractivity contribution in [3.63, 3.8) is 0 Å². The van der Waals surface area contributed by atoms with Crippen LogP contribution in [0, 0.1) is 0 Å². The number of rotatable bonds is 5. The smallest absolute Gasteiger partial charge is 0.407 e. The number of ether oxygens (including phenoxy) is 1. The van der Waals surface area contributed by atoms with Crippen molar-refractivity contribution in [2.45, 2.75) is 26.0 Å². The van der Waals surface area contributed by atoms with Gasteiger partial charge in [0, 0.05) is 28.6 Å². The third-order valence-corrected chi connectivity index (χ3v) is 3.55. The third kappa shape index (κ3) is 4.93. The number of alkyl carbamates (subject to hydrolysis) is 1. The highest BCUT2D eigenvalue weighted by molar-refractivity contribution is 7.80. The Labute approximate surface area is 136 Å². The van der Waals surface area contributed by atoms with Gasteiger partial charge in [-0.3, -0.25) is 9.00 Å². The summed E-state index contributed by atoms with van der Waals surface area (Å²) < 4.78 is 28.4. The summed E-state index contributed by atoms with van der Waals surface area (Å²) in [7, 11) is 0. The number of carbonyl (C=O) groups excluding carboxylic acids is 2. The van der Waals surface area contributed by atoms with Crippen LogP contribution in [0.2, 0.25) is 0 Å². The molecule has 1 aliphatic rings. The Morgan fingerprint density at radius 2 is 1.91 bits per heavy atom. The van der Waals surface area contributed by atoms with Crippen LogP contribution >= 0.6 is 0 Å². The van der Waals surface area contributed by atoms with Crippen LogP contribution in [-0.4, -0.2) is 50.9 Å². The molecule has 1 unspecified atom stereocenters. The van der Waals surface area contributed by atoms with E-state index in [0.717, 1.165) is 0 Å². The molecule has 126 valence electrons. The maximum absolute atomic E-state index is 12.2. The van der Waals surface area contributed by atoms with E-state index in [0.29, 0.717) is 24.3 Å². The molecule has 8 nitrogen and oxygen atoms in total. The van der Waals surface area contributed by atoms with Crippen LogP contribution in [0.4, 0.5) is 10.5 Å². The quantitative estimate of drug-likeness (QED) is 0.772. The number of benzene rings is 1. The minimum Gasteiger partial charge on any atom is -0.755 e. The molecule has 0 spiro atoms. The van der Waals surface area contributed by atoms with Gasteiger partial charge in [-0.15, -0.1) is 0 Å². The molecule has 1 aromatic carbocycles. The molecule has 1 heterocycles. The third-order valence-electron chi connectivity index (χ3n) is 3.15. The van der Waals surface area contributed by atoms with E-state index in [-0.39, 0.29) is 18.1 Å².